The normalized spacial score (nSPS) is 10.8. The standard InChI is InChI=1S/C20H20FN5O2S/c1-12(2)11-26-19(28)14-8-4-3-7-13(14)17(25-26)18(27)23-24-20(29)22-16-10-6-5-9-15(16)21/h3-10,12H,11H2,1-2H3,(H,23,27)(H2,22,24,29). The van der Waals surface area contributed by atoms with Gasteiger partial charge in [-0.25, -0.2) is 9.07 Å². The maximum Gasteiger partial charge on any atom is 0.290 e. The van der Waals surface area contributed by atoms with Gasteiger partial charge in [0.15, 0.2) is 10.8 Å². The topological polar surface area (TPSA) is 88.1 Å². The Kier molecular flexibility index (Phi) is 6.18. The predicted molar refractivity (Wildman–Crippen MR) is 114 cm³/mol. The molecule has 0 spiro atoms. The molecule has 150 valence electrons. The highest BCUT2D eigenvalue weighted by atomic mass is 32.1. The summed E-state index contributed by atoms with van der Waals surface area (Å²) >= 11 is 5.08. The molecule has 0 aliphatic rings. The van der Waals surface area contributed by atoms with E-state index in [4.69, 9.17) is 12.2 Å². The van der Waals surface area contributed by atoms with Crippen molar-refractivity contribution in [2.75, 3.05) is 5.32 Å². The lowest BCUT2D eigenvalue weighted by atomic mass is 10.1. The number of hydrogen-bond acceptors (Lipinski definition) is 4. The van der Waals surface area contributed by atoms with E-state index in [1.807, 2.05) is 13.8 Å². The van der Waals surface area contributed by atoms with Gasteiger partial charge in [-0.1, -0.05) is 44.2 Å². The van der Waals surface area contributed by atoms with Crippen LogP contribution >= 0.6 is 12.2 Å². The fraction of sp³-hybridized carbons (Fsp3) is 0.200. The van der Waals surface area contributed by atoms with E-state index in [9.17, 15) is 14.0 Å². The van der Waals surface area contributed by atoms with E-state index in [0.717, 1.165) is 0 Å². The van der Waals surface area contributed by atoms with Crippen molar-refractivity contribution >= 4 is 39.7 Å². The lowest BCUT2D eigenvalue weighted by Crippen LogP contribution is -2.44. The van der Waals surface area contributed by atoms with Crippen molar-refractivity contribution in [3.8, 4) is 0 Å². The molecule has 0 unspecified atom stereocenters. The molecule has 0 aliphatic carbocycles. The number of amides is 1. The Morgan fingerprint density at radius 1 is 1.10 bits per heavy atom. The van der Waals surface area contributed by atoms with Crippen molar-refractivity contribution in [3.63, 3.8) is 0 Å². The second kappa shape index (κ2) is 8.78. The summed E-state index contributed by atoms with van der Waals surface area (Å²) in [4.78, 5) is 25.3. The molecule has 0 radical (unpaired) electrons. The predicted octanol–water partition coefficient (Wildman–Crippen LogP) is 2.82. The highest BCUT2D eigenvalue weighted by molar-refractivity contribution is 7.80. The van der Waals surface area contributed by atoms with Crippen molar-refractivity contribution in [3.05, 3.63) is 70.4 Å². The van der Waals surface area contributed by atoms with Gasteiger partial charge in [-0.15, -0.1) is 0 Å². The third-order valence-corrected chi connectivity index (χ3v) is 4.24. The molecule has 1 aromatic heterocycles. The van der Waals surface area contributed by atoms with E-state index in [-0.39, 0.29) is 28.0 Å². The number of anilines is 1. The number of hydrogen-bond donors (Lipinski definition) is 3. The Labute approximate surface area is 171 Å². The molecule has 29 heavy (non-hydrogen) atoms. The molecule has 0 atom stereocenters. The van der Waals surface area contributed by atoms with Crippen molar-refractivity contribution in [1.29, 1.82) is 0 Å². The zero-order chi connectivity index (χ0) is 21.0. The number of para-hydroxylation sites is 1. The van der Waals surface area contributed by atoms with E-state index >= 15 is 0 Å². The molecule has 0 aliphatic heterocycles. The van der Waals surface area contributed by atoms with E-state index in [2.05, 4.69) is 21.3 Å². The second-order valence-corrected chi connectivity index (χ2v) is 7.20. The maximum atomic E-state index is 13.7. The first-order chi connectivity index (χ1) is 13.9. The first kappa shape index (κ1) is 20.4. The summed E-state index contributed by atoms with van der Waals surface area (Å²) in [7, 11) is 0. The fourth-order valence-corrected chi connectivity index (χ4v) is 2.92. The van der Waals surface area contributed by atoms with Crippen LogP contribution in [0.2, 0.25) is 0 Å². The molecule has 1 amide bonds. The van der Waals surface area contributed by atoms with E-state index in [1.54, 1.807) is 36.4 Å². The average molecular weight is 413 g/mol. The number of nitrogens with zero attached hydrogens (tertiary/aromatic N) is 2. The summed E-state index contributed by atoms with van der Waals surface area (Å²) in [6, 6.07) is 12.8. The van der Waals surface area contributed by atoms with Crippen LogP contribution in [-0.4, -0.2) is 20.8 Å². The first-order valence-electron chi connectivity index (χ1n) is 8.98. The van der Waals surface area contributed by atoms with Crippen LogP contribution in [0, 0.1) is 11.7 Å². The summed E-state index contributed by atoms with van der Waals surface area (Å²) in [5, 5.41) is 7.74. The number of rotatable bonds is 4. The van der Waals surface area contributed by atoms with Crippen LogP contribution < -0.4 is 21.7 Å². The summed E-state index contributed by atoms with van der Waals surface area (Å²) < 4.78 is 15.0. The van der Waals surface area contributed by atoms with Crippen molar-refractivity contribution in [1.82, 2.24) is 20.6 Å². The summed E-state index contributed by atoms with van der Waals surface area (Å²) in [5.74, 6) is -0.874. The number of nitrogens with one attached hydrogen (secondary N) is 3. The van der Waals surface area contributed by atoms with Gasteiger partial charge in [-0.3, -0.25) is 20.4 Å². The quantitative estimate of drug-likeness (QED) is 0.450. The average Bonchev–Trinajstić information content (AvgIpc) is 2.70. The smallest absolute Gasteiger partial charge is 0.290 e. The SMILES string of the molecule is CC(C)Cn1nc(C(=O)NNC(=S)Nc2ccccc2F)c2ccccc2c1=O. The number of benzene rings is 2. The number of hydrazine groups is 1. The molecule has 0 fully saturated rings. The van der Waals surface area contributed by atoms with Crippen molar-refractivity contribution in [2.45, 2.75) is 20.4 Å². The first-order valence-corrected chi connectivity index (χ1v) is 9.39. The molecular formula is C20H20FN5O2S. The molecular weight excluding hydrogens is 393 g/mol. The molecule has 3 aromatic rings. The van der Waals surface area contributed by atoms with Crippen molar-refractivity contribution < 1.29 is 9.18 Å². The van der Waals surface area contributed by atoms with Crippen LogP contribution in [0.5, 0.6) is 0 Å². The van der Waals surface area contributed by atoms with Gasteiger partial charge in [0.25, 0.3) is 11.5 Å². The third kappa shape index (κ3) is 4.75. The van der Waals surface area contributed by atoms with Gasteiger partial charge in [0.2, 0.25) is 0 Å². The van der Waals surface area contributed by atoms with E-state index in [0.29, 0.717) is 17.3 Å². The molecule has 0 saturated carbocycles. The monoisotopic (exact) mass is 413 g/mol. The Morgan fingerprint density at radius 2 is 1.76 bits per heavy atom. The van der Waals surface area contributed by atoms with Crippen LogP contribution in [0.15, 0.2) is 53.3 Å². The van der Waals surface area contributed by atoms with E-state index in [1.165, 1.54) is 16.8 Å². The van der Waals surface area contributed by atoms with Gasteiger partial charge in [-0.2, -0.15) is 5.10 Å². The Hall–Kier alpha value is -3.33. The van der Waals surface area contributed by atoms with Crippen molar-refractivity contribution in [2.24, 2.45) is 5.92 Å². The number of carbonyl (C=O) groups is 1. The van der Waals surface area contributed by atoms with Crippen LogP contribution in [-0.2, 0) is 6.54 Å². The summed E-state index contributed by atoms with van der Waals surface area (Å²) in [6.45, 7) is 4.29. The minimum Gasteiger partial charge on any atom is -0.329 e. The van der Waals surface area contributed by atoms with Gasteiger partial charge in [0, 0.05) is 11.9 Å². The fourth-order valence-electron chi connectivity index (χ4n) is 2.76. The third-order valence-electron chi connectivity index (χ3n) is 4.03. The summed E-state index contributed by atoms with van der Waals surface area (Å²) in [5.41, 5.74) is 4.97. The molecule has 0 bridgehead atoms. The van der Waals surface area contributed by atoms with Gasteiger partial charge in [-0.05, 0) is 36.3 Å². The zero-order valence-corrected chi connectivity index (χ0v) is 16.7. The molecule has 9 heteroatoms. The highest BCUT2D eigenvalue weighted by Crippen LogP contribution is 2.14. The zero-order valence-electron chi connectivity index (χ0n) is 15.9. The Bertz CT molecular complexity index is 1130. The molecule has 2 aromatic carbocycles. The number of halogens is 1. The van der Waals surface area contributed by atoms with Gasteiger partial charge < -0.3 is 5.32 Å². The van der Waals surface area contributed by atoms with Crippen LogP contribution in [0.4, 0.5) is 10.1 Å². The lowest BCUT2D eigenvalue weighted by molar-refractivity contribution is 0.0938. The largest absolute Gasteiger partial charge is 0.329 e. The Morgan fingerprint density at radius 3 is 2.45 bits per heavy atom. The second-order valence-electron chi connectivity index (χ2n) is 6.79. The number of thiocarbonyl (C=S) groups is 1. The Balaban J connectivity index is 1.81. The maximum absolute atomic E-state index is 13.7. The van der Waals surface area contributed by atoms with Crippen LogP contribution in [0.1, 0.15) is 24.3 Å². The number of aromatic nitrogens is 2. The minimum absolute atomic E-state index is 0.00302. The molecule has 1 heterocycles. The number of fused-ring (bicyclic) bond motifs is 1. The van der Waals surface area contributed by atoms with Crippen LogP contribution in [0.25, 0.3) is 10.8 Å². The molecule has 3 rings (SSSR count). The molecule has 0 saturated heterocycles. The van der Waals surface area contributed by atoms with Gasteiger partial charge >= 0.3 is 0 Å². The minimum atomic E-state index is -0.573. The van der Waals surface area contributed by atoms with Gasteiger partial charge in [0.1, 0.15) is 5.82 Å². The van der Waals surface area contributed by atoms with Crippen LogP contribution in [0.3, 0.4) is 0 Å². The lowest BCUT2D eigenvalue weighted by Gasteiger charge is -2.14. The summed E-state index contributed by atoms with van der Waals surface area (Å²) in [6.07, 6.45) is 0. The highest BCUT2D eigenvalue weighted by Gasteiger charge is 2.17. The number of carbonyl (C=O) groups excluding carboxylic acids is 1. The van der Waals surface area contributed by atoms with Gasteiger partial charge in [0.05, 0.1) is 11.1 Å². The molecule has 3 N–H and O–H groups in total. The molecule has 7 nitrogen and oxygen atoms in total. The van der Waals surface area contributed by atoms with E-state index < -0.39 is 11.7 Å².